The minimum absolute atomic E-state index is 0.0284. The molecule has 4 N–H and O–H groups in total. The number of sulfonamides is 1. The Morgan fingerprint density at radius 2 is 1.14 bits per heavy atom. The van der Waals surface area contributed by atoms with Gasteiger partial charge in [-0.1, -0.05) is 36.4 Å². The summed E-state index contributed by atoms with van der Waals surface area (Å²) < 4.78 is 28.7. The van der Waals surface area contributed by atoms with Crippen LogP contribution in [0.5, 0.6) is 0 Å². The van der Waals surface area contributed by atoms with E-state index in [1.165, 1.54) is 24.3 Å². The van der Waals surface area contributed by atoms with Crippen LogP contribution in [-0.2, 0) is 10.0 Å². The fraction of sp³-hybridized carbons (Fsp3) is 0. The first-order valence-electron chi connectivity index (χ1n) is 11.0. The molecule has 0 radical (unpaired) electrons. The number of para-hydroxylation sites is 3. The highest BCUT2D eigenvalue weighted by Gasteiger charge is 2.19. The second-order valence-electron chi connectivity index (χ2n) is 7.84. The third kappa shape index (κ3) is 5.19. The van der Waals surface area contributed by atoms with E-state index in [1.54, 1.807) is 23.7 Å². The van der Waals surface area contributed by atoms with Crippen LogP contribution < -0.4 is 20.8 Å². The van der Waals surface area contributed by atoms with Crippen molar-refractivity contribution in [2.24, 2.45) is 0 Å². The molecule has 0 saturated heterocycles. The van der Waals surface area contributed by atoms with Gasteiger partial charge in [0.25, 0.3) is 10.0 Å². The molecule has 1 heterocycles. The van der Waals surface area contributed by atoms with Gasteiger partial charge in [-0.3, -0.25) is 4.72 Å². The van der Waals surface area contributed by atoms with E-state index in [2.05, 4.69) is 25.3 Å². The Kier molecular flexibility index (Phi) is 6.35. The van der Waals surface area contributed by atoms with E-state index in [0.29, 0.717) is 16.7 Å². The molecule has 0 fully saturated rings. The minimum Gasteiger partial charge on any atom is -0.761 e. The summed E-state index contributed by atoms with van der Waals surface area (Å²) in [6.45, 7) is 0. The van der Waals surface area contributed by atoms with Gasteiger partial charge < -0.3 is 21.3 Å². The minimum atomic E-state index is -4.05. The second-order valence-corrected chi connectivity index (χ2v) is 9.52. The van der Waals surface area contributed by atoms with Crippen LogP contribution in [0.4, 0.5) is 34.4 Å². The number of nitrogens with zero attached hydrogens (tertiary/aromatic N) is 2. The van der Waals surface area contributed by atoms with E-state index in [-0.39, 0.29) is 22.2 Å². The summed E-state index contributed by atoms with van der Waals surface area (Å²) in [6.07, 6.45) is 0. The Bertz CT molecular complexity index is 1610. The number of benzene rings is 4. The molecule has 4 aromatic carbocycles. The van der Waals surface area contributed by atoms with Crippen LogP contribution in [0.25, 0.3) is 11.0 Å². The highest BCUT2D eigenvalue weighted by Crippen LogP contribution is 2.28. The topological polar surface area (TPSA) is 131 Å². The van der Waals surface area contributed by atoms with Gasteiger partial charge in [-0.15, -0.1) is 0 Å². The Morgan fingerprint density at radius 1 is 0.583 bits per heavy atom. The normalized spacial score (nSPS) is 11.1. The van der Waals surface area contributed by atoms with Gasteiger partial charge in [0.1, 0.15) is 0 Å². The van der Waals surface area contributed by atoms with Crippen molar-refractivity contribution in [2.45, 2.75) is 4.90 Å². The molecule has 180 valence electrons. The molecule has 0 bridgehead atoms. The van der Waals surface area contributed by atoms with Crippen LogP contribution in [0.2, 0.25) is 0 Å². The van der Waals surface area contributed by atoms with Crippen molar-refractivity contribution >= 4 is 55.4 Å². The Morgan fingerprint density at radius 3 is 1.81 bits per heavy atom. The Balaban J connectivity index is 1.45. The first-order valence-corrected chi connectivity index (χ1v) is 12.5. The van der Waals surface area contributed by atoms with Gasteiger partial charge in [-0.05, 0) is 66.7 Å². The molecule has 0 aliphatic carbocycles. The third-order valence-corrected chi connectivity index (χ3v) is 6.61. The Hall–Kier alpha value is -4.67. The molecule has 0 atom stereocenters. The molecule has 5 rings (SSSR count). The van der Waals surface area contributed by atoms with Gasteiger partial charge in [-0.2, -0.15) is 0 Å². The zero-order valence-corrected chi connectivity index (χ0v) is 19.7. The lowest BCUT2D eigenvalue weighted by atomic mass is 10.2. The van der Waals surface area contributed by atoms with Crippen molar-refractivity contribution in [3.63, 3.8) is 0 Å². The third-order valence-electron chi connectivity index (χ3n) is 5.27. The molecule has 36 heavy (non-hydrogen) atoms. The summed E-state index contributed by atoms with van der Waals surface area (Å²) in [5.41, 5.74) is 5.51. The Labute approximate surface area is 207 Å². The summed E-state index contributed by atoms with van der Waals surface area (Å²) >= 11 is 0. The molecule has 0 unspecified atom stereocenters. The number of aromatic nitrogens is 2. The SMILES string of the molecule is O=S(=O)(Nc1nc2ccccc2nc1Nc1ccc(Nc2ccccc2)cc1)c1cccc(N[O-])c1. The lowest BCUT2D eigenvalue weighted by Crippen LogP contribution is -2.16. The van der Waals surface area contributed by atoms with Crippen molar-refractivity contribution in [1.29, 1.82) is 0 Å². The fourth-order valence-corrected chi connectivity index (χ4v) is 4.59. The molecule has 0 saturated carbocycles. The molecule has 9 nitrogen and oxygen atoms in total. The van der Waals surface area contributed by atoms with E-state index in [1.807, 2.05) is 60.7 Å². The highest BCUT2D eigenvalue weighted by atomic mass is 32.2. The van der Waals surface area contributed by atoms with Gasteiger partial charge in [0, 0.05) is 22.7 Å². The van der Waals surface area contributed by atoms with Crippen molar-refractivity contribution < 1.29 is 8.42 Å². The van der Waals surface area contributed by atoms with Crippen LogP contribution in [0.1, 0.15) is 0 Å². The summed E-state index contributed by atoms with van der Waals surface area (Å²) in [7, 11) is -4.05. The highest BCUT2D eigenvalue weighted by molar-refractivity contribution is 7.92. The predicted molar refractivity (Wildman–Crippen MR) is 143 cm³/mol. The summed E-state index contributed by atoms with van der Waals surface area (Å²) in [4.78, 5) is 9.00. The number of fused-ring (bicyclic) bond motifs is 1. The van der Waals surface area contributed by atoms with Crippen molar-refractivity contribution in [3.8, 4) is 0 Å². The molecule has 0 amide bonds. The van der Waals surface area contributed by atoms with Crippen molar-refractivity contribution in [1.82, 2.24) is 9.97 Å². The van der Waals surface area contributed by atoms with Crippen molar-refractivity contribution in [3.05, 3.63) is 108 Å². The van der Waals surface area contributed by atoms with E-state index < -0.39 is 10.0 Å². The first-order chi connectivity index (χ1) is 17.5. The lowest BCUT2D eigenvalue weighted by molar-refractivity contribution is 0.601. The molecule has 10 heteroatoms. The van der Waals surface area contributed by atoms with Crippen LogP contribution in [0, 0.1) is 5.21 Å². The maximum atomic E-state index is 13.1. The maximum Gasteiger partial charge on any atom is 0.263 e. The molecule has 0 aliphatic rings. The fourth-order valence-electron chi connectivity index (χ4n) is 3.53. The van der Waals surface area contributed by atoms with Gasteiger partial charge in [0.15, 0.2) is 11.6 Å². The number of hydrogen-bond acceptors (Lipinski definition) is 8. The van der Waals surface area contributed by atoms with E-state index in [4.69, 9.17) is 0 Å². The van der Waals surface area contributed by atoms with Crippen LogP contribution in [-0.4, -0.2) is 18.4 Å². The first kappa shape index (κ1) is 23.1. The quantitative estimate of drug-likeness (QED) is 0.197. The van der Waals surface area contributed by atoms with Gasteiger partial charge >= 0.3 is 0 Å². The average Bonchev–Trinajstić information content (AvgIpc) is 2.90. The van der Waals surface area contributed by atoms with Crippen LogP contribution in [0.3, 0.4) is 0 Å². The van der Waals surface area contributed by atoms with E-state index in [0.717, 1.165) is 11.4 Å². The van der Waals surface area contributed by atoms with E-state index in [9.17, 15) is 13.6 Å². The molecule has 5 aromatic rings. The summed E-state index contributed by atoms with van der Waals surface area (Å²) in [5.74, 6) is 0.264. The standard InChI is InChI=1S/C26H21N6O3S/c33-31-21-9-6-10-22(17-21)36(34,35)32-26-25(29-23-11-4-5-12-24(23)30-26)28-20-15-13-19(14-16-20)27-18-7-2-1-3-8-18/h1-17,27,31H,(H,28,29)(H,30,32)/q-1. The number of rotatable bonds is 8. The lowest BCUT2D eigenvalue weighted by Gasteiger charge is -2.15. The summed E-state index contributed by atoms with van der Waals surface area (Å²) in [5, 5.41) is 17.5. The molecule has 0 spiro atoms. The monoisotopic (exact) mass is 497 g/mol. The molecule has 0 aliphatic heterocycles. The van der Waals surface area contributed by atoms with Crippen LogP contribution >= 0.6 is 0 Å². The predicted octanol–water partition coefficient (Wildman–Crippen LogP) is 5.83. The molecular formula is C26H21N6O3S-. The molecular weight excluding hydrogens is 476 g/mol. The molecule has 1 aromatic heterocycles. The number of hydrogen-bond donors (Lipinski definition) is 4. The largest absolute Gasteiger partial charge is 0.761 e. The zero-order chi connectivity index (χ0) is 25.0. The van der Waals surface area contributed by atoms with Gasteiger partial charge in [0.05, 0.1) is 15.9 Å². The van der Waals surface area contributed by atoms with E-state index >= 15 is 0 Å². The average molecular weight is 498 g/mol. The number of nitrogens with one attached hydrogen (secondary N) is 4. The number of anilines is 6. The smallest absolute Gasteiger partial charge is 0.263 e. The summed E-state index contributed by atoms with van der Waals surface area (Å²) in [6, 6.07) is 30.0. The van der Waals surface area contributed by atoms with Crippen LogP contribution in [0.15, 0.2) is 108 Å². The maximum absolute atomic E-state index is 13.1. The van der Waals surface area contributed by atoms with Gasteiger partial charge in [0.2, 0.25) is 0 Å². The van der Waals surface area contributed by atoms with Gasteiger partial charge in [-0.25, -0.2) is 18.4 Å². The zero-order valence-electron chi connectivity index (χ0n) is 18.8. The second kappa shape index (κ2) is 9.90. The van der Waals surface area contributed by atoms with Crippen molar-refractivity contribution in [2.75, 3.05) is 20.8 Å².